The number of esters is 3. The standard InChI is InChI=1S/C66H118O6/c1-4-7-10-13-16-19-22-25-28-30-32-33-35-36-38-41-44-47-50-53-56-59-65(68)71-62-63(61-70-64(67)58-55-52-49-46-43-40-27-24-21-18-15-12-9-6-3)72-66(69)60-57-54-51-48-45-42-39-37-34-31-29-26-23-20-17-14-11-8-5-2/h15,18,22,24-25,27,30,32,35-36,63H,4-14,16-17,19-21,23,26,28-29,31,33-34,37-62H2,1-3H3/b18-15-,25-22-,27-24-,32-30-,36-35-. The van der Waals surface area contributed by atoms with Crippen LogP contribution in [0.3, 0.4) is 0 Å². The summed E-state index contributed by atoms with van der Waals surface area (Å²) in [4.78, 5) is 38.3. The summed E-state index contributed by atoms with van der Waals surface area (Å²) in [6.45, 7) is 6.61. The van der Waals surface area contributed by atoms with Gasteiger partial charge in [-0.25, -0.2) is 0 Å². The number of hydrogen-bond donors (Lipinski definition) is 0. The zero-order valence-corrected chi connectivity index (χ0v) is 47.9. The van der Waals surface area contributed by atoms with E-state index in [-0.39, 0.29) is 31.1 Å². The lowest BCUT2D eigenvalue weighted by Gasteiger charge is -2.18. The van der Waals surface area contributed by atoms with E-state index in [1.807, 2.05) is 0 Å². The molecular formula is C66H118O6. The average molecular weight is 1010 g/mol. The number of allylic oxidation sites excluding steroid dienone is 10. The number of rotatable bonds is 57. The lowest BCUT2D eigenvalue weighted by molar-refractivity contribution is -0.167. The van der Waals surface area contributed by atoms with Crippen LogP contribution in [0, 0.1) is 0 Å². The van der Waals surface area contributed by atoms with Crippen LogP contribution in [0.15, 0.2) is 60.8 Å². The maximum atomic E-state index is 12.9. The molecule has 0 radical (unpaired) electrons. The molecular weight excluding hydrogens is 889 g/mol. The first-order valence-corrected chi connectivity index (χ1v) is 31.3. The van der Waals surface area contributed by atoms with Crippen LogP contribution in [0.25, 0.3) is 0 Å². The second kappa shape index (κ2) is 60.7. The minimum atomic E-state index is -0.785. The first-order chi connectivity index (χ1) is 35.5. The number of hydrogen-bond acceptors (Lipinski definition) is 6. The number of unbranched alkanes of at least 4 members (excludes halogenated alkanes) is 36. The SMILES string of the molecule is CCCC/C=C\C/C=C\CCCCCCCC(=O)OCC(COC(=O)CCCCCCCC/C=C\C/C=C\C/C=C\CCCCCCC)OC(=O)CCCCCCCCCCCCCCCCCCCCC. The van der Waals surface area contributed by atoms with Crippen molar-refractivity contribution in [3.8, 4) is 0 Å². The molecule has 72 heavy (non-hydrogen) atoms. The van der Waals surface area contributed by atoms with Crippen LogP contribution in [-0.4, -0.2) is 37.2 Å². The Morgan fingerprint density at radius 3 is 0.819 bits per heavy atom. The monoisotopic (exact) mass is 1010 g/mol. The van der Waals surface area contributed by atoms with E-state index in [1.165, 1.54) is 186 Å². The van der Waals surface area contributed by atoms with E-state index in [0.717, 1.165) is 96.3 Å². The third kappa shape index (κ3) is 58.0. The molecule has 0 amide bonds. The number of ether oxygens (including phenoxy) is 3. The van der Waals surface area contributed by atoms with Gasteiger partial charge in [0.25, 0.3) is 0 Å². The molecule has 418 valence electrons. The van der Waals surface area contributed by atoms with Crippen LogP contribution in [0.1, 0.15) is 323 Å². The van der Waals surface area contributed by atoms with Crippen molar-refractivity contribution < 1.29 is 28.6 Å². The molecule has 0 aliphatic heterocycles. The van der Waals surface area contributed by atoms with Crippen LogP contribution >= 0.6 is 0 Å². The topological polar surface area (TPSA) is 78.9 Å². The second-order valence-electron chi connectivity index (χ2n) is 21.0. The molecule has 0 aliphatic rings. The summed E-state index contributed by atoms with van der Waals surface area (Å²) < 4.78 is 16.9. The zero-order valence-electron chi connectivity index (χ0n) is 47.9. The molecule has 6 nitrogen and oxygen atoms in total. The molecule has 0 rings (SSSR count). The van der Waals surface area contributed by atoms with Crippen LogP contribution < -0.4 is 0 Å². The van der Waals surface area contributed by atoms with E-state index in [0.29, 0.717) is 19.3 Å². The van der Waals surface area contributed by atoms with Gasteiger partial charge in [0, 0.05) is 19.3 Å². The fourth-order valence-corrected chi connectivity index (χ4v) is 9.00. The molecule has 0 aromatic carbocycles. The van der Waals surface area contributed by atoms with E-state index in [9.17, 15) is 14.4 Å². The Morgan fingerprint density at radius 2 is 0.514 bits per heavy atom. The molecule has 0 saturated carbocycles. The maximum absolute atomic E-state index is 12.9. The van der Waals surface area contributed by atoms with Gasteiger partial charge in [-0.3, -0.25) is 14.4 Å². The summed E-state index contributed by atoms with van der Waals surface area (Å²) in [5.74, 6) is -0.891. The fourth-order valence-electron chi connectivity index (χ4n) is 9.00. The lowest BCUT2D eigenvalue weighted by atomic mass is 10.0. The normalized spacial score (nSPS) is 12.4. The van der Waals surface area contributed by atoms with Gasteiger partial charge < -0.3 is 14.2 Å². The Labute approximate surface area is 447 Å². The van der Waals surface area contributed by atoms with Gasteiger partial charge in [0.2, 0.25) is 0 Å². The quantitative estimate of drug-likeness (QED) is 0.0261. The highest BCUT2D eigenvalue weighted by molar-refractivity contribution is 5.71. The smallest absolute Gasteiger partial charge is 0.306 e. The Morgan fingerprint density at radius 1 is 0.278 bits per heavy atom. The van der Waals surface area contributed by atoms with Gasteiger partial charge in [0.05, 0.1) is 0 Å². The second-order valence-corrected chi connectivity index (χ2v) is 21.0. The van der Waals surface area contributed by atoms with E-state index >= 15 is 0 Å². The van der Waals surface area contributed by atoms with Gasteiger partial charge in [-0.15, -0.1) is 0 Å². The lowest BCUT2D eigenvalue weighted by Crippen LogP contribution is -2.30. The van der Waals surface area contributed by atoms with E-state index < -0.39 is 6.10 Å². The summed E-state index contributed by atoms with van der Waals surface area (Å²) in [5.41, 5.74) is 0. The van der Waals surface area contributed by atoms with Gasteiger partial charge in [-0.2, -0.15) is 0 Å². The van der Waals surface area contributed by atoms with Crippen molar-refractivity contribution >= 4 is 17.9 Å². The predicted molar refractivity (Wildman–Crippen MR) is 312 cm³/mol. The van der Waals surface area contributed by atoms with Crippen molar-refractivity contribution in [1.82, 2.24) is 0 Å². The van der Waals surface area contributed by atoms with Gasteiger partial charge >= 0.3 is 17.9 Å². The van der Waals surface area contributed by atoms with Crippen LogP contribution in [0.4, 0.5) is 0 Å². The molecule has 0 aromatic heterocycles. The van der Waals surface area contributed by atoms with Crippen molar-refractivity contribution in [2.24, 2.45) is 0 Å². The fraction of sp³-hybridized carbons (Fsp3) is 0.803. The van der Waals surface area contributed by atoms with Gasteiger partial charge in [0.1, 0.15) is 13.2 Å². The Kier molecular flexibility index (Phi) is 58.2. The molecule has 0 saturated heterocycles. The Hall–Kier alpha value is -2.89. The summed E-state index contributed by atoms with van der Waals surface area (Å²) in [5, 5.41) is 0. The molecule has 0 spiro atoms. The molecule has 1 atom stereocenters. The third-order valence-corrected chi connectivity index (χ3v) is 13.7. The Bertz CT molecular complexity index is 1290. The van der Waals surface area contributed by atoms with E-state index in [1.54, 1.807) is 0 Å². The van der Waals surface area contributed by atoms with Crippen molar-refractivity contribution in [3.63, 3.8) is 0 Å². The van der Waals surface area contributed by atoms with Gasteiger partial charge in [-0.05, 0) is 83.5 Å². The maximum Gasteiger partial charge on any atom is 0.306 e. The molecule has 0 heterocycles. The first kappa shape index (κ1) is 69.1. The first-order valence-electron chi connectivity index (χ1n) is 31.3. The van der Waals surface area contributed by atoms with Crippen LogP contribution in [0.5, 0.6) is 0 Å². The Balaban J connectivity index is 4.37. The minimum absolute atomic E-state index is 0.0831. The minimum Gasteiger partial charge on any atom is -0.462 e. The van der Waals surface area contributed by atoms with Crippen LogP contribution in [0.2, 0.25) is 0 Å². The molecule has 0 fully saturated rings. The van der Waals surface area contributed by atoms with Crippen molar-refractivity contribution in [1.29, 1.82) is 0 Å². The molecule has 1 unspecified atom stereocenters. The largest absolute Gasteiger partial charge is 0.462 e. The van der Waals surface area contributed by atoms with Crippen molar-refractivity contribution in [2.75, 3.05) is 13.2 Å². The van der Waals surface area contributed by atoms with Crippen LogP contribution in [-0.2, 0) is 28.6 Å². The molecule has 0 bridgehead atoms. The van der Waals surface area contributed by atoms with Crippen molar-refractivity contribution in [2.45, 2.75) is 329 Å². The van der Waals surface area contributed by atoms with Gasteiger partial charge in [-0.1, -0.05) is 281 Å². The molecule has 6 heteroatoms. The summed E-state index contributed by atoms with van der Waals surface area (Å²) in [6.07, 6.45) is 76.4. The molecule has 0 aliphatic carbocycles. The molecule has 0 aromatic rings. The third-order valence-electron chi connectivity index (χ3n) is 13.7. The van der Waals surface area contributed by atoms with E-state index in [4.69, 9.17) is 14.2 Å². The molecule has 0 N–H and O–H groups in total. The van der Waals surface area contributed by atoms with Gasteiger partial charge in [0.15, 0.2) is 6.10 Å². The summed E-state index contributed by atoms with van der Waals surface area (Å²) in [6, 6.07) is 0. The van der Waals surface area contributed by atoms with E-state index in [2.05, 4.69) is 81.5 Å². The summed E-state index contributed by atoms with van der Waals surface area (Å²) in [7, 11) is 0. The summed E-state index contributed by atoms with van der Waals surface area (Å²) >= 11 is 0. The average Bonchev–Trinajstić information content (AvgIpc) is 3.38. The highest BCUT2D eigenvalue weighted by Gasteiger charge is 2.19. The zero-order chi connectivity index (χ0) is 52.2. The number of carbonyl (C=O) groups is 3. The predicted octanol–water partition coefficient (Wildman–Crippen LogP) is 21.2. The number of carbonyl (C=O) groups excluding carboxylic acids is 3. The highest BCUT2D eigenvalue weighted by Crippen LogP contribution is 2.17. The van der Waals surface area contributed by atoms with Crippen molar-refractivity contribution in [3.05, 3.63) is 60.8 Å². The highest BCUT2D eigenvalue weighted by atomic mass is 16.6.